The lowest BCUT2D eigenvalue weighted by Gasteiger charge is -2.36. The van der Waals surface area contributed by atoms with E-state index in [9.17, 15) is 4.79 Å². The van der Waals surface area contributed by atoms with Crippen LogP contribution in [0.2, 0.25) is 0 Å². The van der Waals surface area contributed by atoms with Crippen LogP contribution in [-0.4, -0.2) is 63.0 Å². The van der Waals surface area contributed by atoms with Crippen molar-refractivity contribution in [1.29, 1.82) is 0 Å². The van der Waals surface area contributed by atoms with Gasteiger partial charge < -0.3 is 19.7 Å². The molecule has 8 heteroatoms. The number of amides is 1. The zero-order valence-corrected chi connectivity index (χ0v) is 20.1. The average Bonchev–Trinajstić information content (AvgIpc) is 3.19. The Labute approximate surface area is 196 Å². The number of aryl methyl sites for hydroxylation is 1. The summed E-state index contributed by atoms with van der Waals surface area (Å²) in [6.07, 6.45) is 11.4. The fourth-order valence-corrected chi connectivity index (χ4v) is 5.43. The molecule has 1 amide bonds. The monoisotopic (exact) mass is 451 g/mol. The number of hydrogen-bond donors (Lipinski definition) is 1. The summed E-state index contributed by atoms with van der Waals surface area (Å²) in [7, 11) is 0. The number of piperidine rings is 1. The van der Waals surface area contributed by atoms with Crippen LogP contribution in [0.5, 0.6) is 0 Å². The fraction of sp³-hybridized carbons (Fsp3) is 0.680. The summed E-state index contributed by atoms with van der Waals surface area (Å²) in [6, 6.07) is 0. The van der Waals surface area contributed by atoms with E-state index in [2.05, 4.69) is 49.7 Å². The third-order valence-electron chi connectivity index (χ3n) is 7.51. The van der Waals surface area contributed by atoms with Gasteiger partial charge in [0, 0.05) is 50.3 Å². The molecule has 1 atom stereocenters. The smallest absolute Gasteiger partial charge is 0.226 e. The van der Waals surface area contributed by atoms with Crippen molar-refractivity contribution in [1.82, 2.24) is 24.4 Å². The van der Waals surface area contributed by atoms with Crippen molar-refractivity contribution in [3.05, 3.63) is 29.6 Å². The first-order valence-corrected chi connectivity index (χ1v) is 12.8. The van der Waals surface area contributed by atoms with Crippen molar-refractivity contribution < 1.29 is 4.79 Å². The topological polar surface area (TPSA) is 79.2 Å². The summed E-state index contributed by atoms with van der Waals surface area (Å²) in [6.45, 7) is 10.9. The Morgan fingerprint density at radius 1 is 1.12 bits per heavy atom. The quantitative estimate of drug-likeness (QED) is 0.661. The molecule has 0 radical (unpaired) electrons. The van der Waals surface area contributed by atoms with Gasteiger partial charge in [0.25, 0.3) is 0 Å². The zero-order chi connectivity index (χ0) is 22.8. The Balaban J connectivity index is 1.29. The highest BCUT2D eigenvalue weighted by Crippen LogP contribution is 2.38. The molecule has 2 aromatic heterocycles. The van der Waals surface area contributed by atoms with Gasteiger partial charge in [-0.25, -0.2) is 15.0 Å². The predicted octanol–water partition coefficient (Wildman–Crippen LogP) is 3.55. The van der Waals surface area contributed by atoms with Crippen molar-refractivity contribution in [2.75, 3.05) is 42.9 Å². The second-order valence-electron chi connectivity index (χ2n) is 9.96. The molecule has 2 fully saturated rings. The molecule has 5 rings (SSSR count). The molecule has 3 aliphatic rings. The molecule has 2 aromatic rings. The van der Waals surface area contributed by atoms with E-state index in [-0.39, 0.29) is 11.8 Å². The summed E-state index contributed by atoms with van der Waals surface area (Å²) in [4.78, 5) is 31.0. The van der Waals surface area contributed by atoms with E-state index in [1.54, 1.807) is 6.33 Å². The lowest BCUT2D eigenvalue weighted by atomic mass is 9.92. The lowest BCUT2D eigenvalue weighted by molar-refractivity contribution is -0.116. The molecule has 8 nitrogen and oxygen atoms in total. The minimum Gasteiger partial charge on any atom is -0.356 e. The Kier molecular flexibility index (Phi) is 6.62. The van der Waals surface area contributed by atoms with Crippen LogP contribution in [0.1, 0.15) is 81.3 Å². The van der Waals surface area contributed by atoms with Gasteiger partial charge in [-0.3, -0.25) is 4.79 Å². The summed E-state index contributed by atoms with van der Waals surface area (Å²) >= 11 is 0. The van der Waals surface area contributed by atoms with Crippen LogP contribution >= 0.6 is 0 Å². The summed E-state index contributed by atoms with van der Waals surface area (Å²) in [5.41, 5.74) is 2.35. The Morgan fingerprint density at radius 3 is 2.67 bits per heavy atom. The first-order valence-electron chi connectivity index (χ1n) is 12.8. The lowest BCUT2D eigenvalue weighted by Crippen LogP contribution is -2.39. The molecule has 0 aliphatic carbocycles. The zero-order valence-electron chi connectivity index (χ0n) is 20.1. The molecule has 3 aliphatic heterocycles. The maximum absolute atomic E-state index is 11.9. The fourth-order valence-electron chi connectivity index (χ4n) is 5.43. The summed E-state index contributed by atoms with van der Waals surface area (Å²) < 4.78 is 2.45. The van der Waals surface area contributed by atoms with Gasteiger partial charge in [0.1, 0.15) is 23.8 Å². The Bertz CT molecular complexity index is 975. The molecule has 0 aromatic carbocycles. The number of rotatable bonds is 8. The van der Waals surface area contributed by atoms with E-state index in [4.69, 9.17) is 4.98 Å². The number of nitrogens with one attached hydrogen (secondary N) is 1. The number of unbranched alkanes of at least 4 members (excludes halogenated alkanes) is 1. The molecule has 33 heavy (non-hydrogen) atoms. The van der Waals surface area contributed by atoms with E-state index in [1.807, 2.05) is 0 Å². The van der Waals surface area contributed by atoms with E-state index in [0.29, 0.717) is 18.2 Å². The maximum atomic E-state index is 11.9. The number of carbonyl (C=O) groups excluding carboxylic acids is 1. The van der Waals surface area contributed by atoms with Gasteiger partial charge in [-0.1, -0.05) is 20.3 Å². The SMILES string of the molecule is CCCCc1cn(CCN2CCC2)c(C2CCN(c3ncnc4c3[C@H](C)CC(=O)N4)CC2)n1. The van der Waals surface area contributed by atoms with Crippen LogP contribution in [0, 0.1) is 0 Å². The minimum atomic E-state index is 0.0438. The van der Waals surface area contributed by atoms with Gasteiger partial charge in [0.15, 0.2) is 0 Å². The first kappa shape index (κ1) is 22.3. The summed E-state index contributed by atoms with van der Waals surface area (Å²) in [5, 5.41) is 2.93. The third-order valence-corrected chi connectivity index (χ3v) is 7.51. The number of aromatic nitrogens is 4. The van der Waals surface area contributed by atoms with Crippen molar-refractivity contribution in [3.8, 4) is 0 Å². The van der Waals surface area contributed by atoms with Crippen LogP contribution in [-0.2, 0) is 17.8 Å². The van der Waals surface area contributed by atoms with Crippen LogP contribution in [0.15, 0.2) is 12.5 Å². The van der Waals surface area contributed by atoms with Crippen molar-refractivity contribution in [2.24, 2.45) is 0 Å². The molecule has 2 saturated heterocycles. The second kappa shape index (κ2) is 9.79. The minimum absolute atomic E-state index is 0.0438. The van der Waals surface area contributed by atoms with Gasteiger partial charge in [0.05, 0.1) is 5.69 Å². The van der Waals surface area contributed by atoms with Crippen molar-refractivity contribution >= 4 is 17.5 Å². The van der Waals surface area contributed by atoms with Crippen LogP contribution in [0.25, 0.3) is 0 Å². The highest BCUT2D eigenvalue weighted by atomic mass is 16.1. The molecule has 0 saturated carbocycles. The number of fused-ring (bicyclic) bond motifs is 1. The van der Waals surface area contributed by atoms with Crippen molar-refractivity contribution in [3.63, 3.8) is 0 Å². The predicted molar refractivity (Wildman–Crippen MR) is 130 cm³/mol. The molecule has 0 bridgehead atoms. The first-order chi connectivity index (χ1) is 16.1. The molecule has 0 spiro atoms. The van der Waals surface area contributed by atoms with Crippen LogP contribution in [0.3, 0.4) is 0 Å². The van der Waals surface area contributed by atoms with Gasteiger partial charge in [-0.2, -0.15) is 0 Å². The van der Waals surface area contributed by atoms with Gasteiger partial charge in [0.2, 0.25) is 5.91 Å². The van der Waals surface area contributed by atoms with E-state index in [1.165, 1.54) is 43.9 Å². The number of likely N-dealkylation sites (tertiary alicyclic amines) is 1. The van der Waals surface area contributed by atoms with Gasteiger partial charge >= 0.3 is 0 Å². The average molecular weight is 452 g/mol. The second-order valence-corrected chi connectivity index (χ2v) is 9.96. The molecule has 1 N–H and O–H groups in total. The Hall–Kier alpha value is -2.48. The normalized spacial score (nSPS) is 21.6. The van der Waals surface area contributed by atoms with Crippen molar-refractivity contribution in [2.45, 2.75) is 77.2 Å². The molecule has 178 valence electrons. The summed E-state index contributed by atoms with van der Waals surface area (Å²) in [5.74, 6) is 3.64. The van der Waals surface area contributed by atoms with Crippen LogP contribution in [0.4, 0.5) is 11.6 Å². The largest absolute Gasteiger partial charge is 0.356 e. The van der Waals surface area contributed by atoms with Gasteiger partial charge in [-0.05, 0) is 51.1 Å². The number of nitrogens with zero attached hydrogens (tertiary/aromatic N) is 6. The Morgan fingerprint density at radius 2 is 1.94 bits per heavy atom. The van der Waals surface area contributed by atoms with E-state index in [0.717, 1.165) is 56.8 Å². The third kappa shape index (κ3) is 4.76. The van der Waals surface area contributed by atoms with Crippen LogP contribution < -0.4 is 10.2 Å². The molecule has 5 heterocycles. The van der Waals surface area contributed by atoms with Gasteiger partial charge in [-0.15, -0.1) is 0 Å². The molecule has 0 unspecified atom stereocenters. The molecular formula is C25H37N7O. The van der Waals surface area contributed by atoms with E-state index < -0.39 is 0 Å². The number of hydrogen-bond acceptors (Lipinski definition) is 6. The van der Waals surface area contributed by atoms with E-state index >= 15 is 0 Å². The number of anilines is 2. The number of imidazole rings is 1. The number of carbonyl (C=O) groups is 1. The standard InChI is InChI=1S/C25H37N7O/c1-3-4-6-20-16-32(14-13-30-9-5-10-30)24(28-20)19-7-11-31(12-8-19)25-22-18(2)15-21(33)29-23(22)26-17-27-25/h16-19H,3-15H2,1-2H3,(H,26,27,29,33)/t18-/m1/s1. The highest BCUT2D eigenvalue weighted by molar-refractivity contribution is 5.94. The highest BCUT2D eigenvalue weighted by Gasteiger charge is 2.31. The maximum Gasteiger partial charge on any atom is 0.226 e. The molecular weight excluding hydrogens is 414 g/mol.